The highest BCUT2D eigenvalue weighted by Crippen LogP contribution is 2.45. The molecule has 0 amide bonds. The quantitative estimate of drug-likeness (QED) is 0.632. The Hall–Kier alpha value is -3.46. The zero-order chi connectivity index (χ0) is 23.3. The van der Waals surface area contributed by atoms with Crippen molar-refractivity contribution in [3.05, 3.63) is 59.4 Å². The Morgan fingerprint density at radius 3 is 2.82 bits per heavy atom. The van der Waals surface area contributed by atoms with E-state index in [9.17, 15) is 9.90 Å². The van der Waals surface area contributed by atoms with Gasteiger partial charge in [-0.2, -0.15) is 10.1 Å². The van der Waals surface area contributed by atoms with Gasteiger partial charge >= 0.3 is 5.69 Å². The monoisotopic (exact) mass is 448 g/mol. The van der Waals surface area contributed by atoms with Gasteiger partial charge in [-0.3, -0.25) is 4.57 Å². The second-order valence-electron chi connectivity index (χ2n) is 9.18. The molecule has 4 atom stereocenters. The van der Waals surface area contributed by atoms with Gasteiger partial charge in [-0.1, -0.05) is 12.6 Å². The van der Waals surface area contributed by atoms with Crippen LogP contribution in [-0.2, 0) is 7.05 Å². The summed E-state index contributed by atoms with van der Waals surface area (Å²) in [7, 11) is 1.56. The van der Waals surface area contributed by atoms with Crippen molar-refractivity contribution < 1.29 is 9.50 Å². The molecule has 0 saturated carbocycles. The fourth-order valence-electron chi connectivity index (χ4n) is 4.92. The first kappa shape index (κ1) is 21.4. The number of piperidine rings is 1. The highest BCUT2D eigenvalue weighted by molar-refractivity contribution is 5.72. The van der Waals surface area contributed by atoms with Gasteiger partial charge in [-0.05, 0) is 56.0 Å². The molecule has 0 aliphatic carbocycles. The number of phenols is 1. The minimum absolute atomic E-state index is 0.0377. The maximum atomic E-state index is 15.2. The van der Waals surface area contributed by atoms with Crippen molar-refractivity contribution in [2.75, 3.05) is 0 Å². The zero-order valence-electron chi connectivity index (χ0n) is 18.5. The van der Waals surface area contributed by atoms with Crippen molar-refractivity contribution >= 4 is 5.57 Å². The summed E-state index contributed by atoms with van der Waals surface area (Å²) in [6.07, 6.45) is 2.85. The Labute approximate surface area is 190 Å². The molecular weight excluding hydrogens is 423 g/mol. The molecule has 1 unspecified atom stereocenters. The standard InChI is InChI=1S/C24H25FN6O2/c1-13(17-11-15-8-9-24(2,28-15)21(17)25)18-6-7-19(30-29-18)16-5-4-14(10-20(16)32)22-26-12-31(3)23(33)27-22/h4-7,10,12,15,17,21,28,32H,1,8-9,11H2,2-3H3/t15?,17-,21+,24-/m0/s1. The molecule has 2 N–H and O–H groups in total. The molecule has 33 heavy (non-hydrogen) atoms. The molecule has 3 aromatic rings. The Bertz CT molecular complexity index is 1290. The van der Waals surface area contributed by atoms with E-state index < -0.39 is 17.4 Å². The van der Waals surface area contributed by atoms with Crippen molar-refractivity contribution in [1.82, 2.24) is 30.0 Å². The van der Waals surface area contributed by atoms with Crippen molar-refractivity contribution in [2.45, 2.75) is 43.9 Å². The molecule has 4 heterocycles. The largest absolute Gasteiger partial charge is 0.507 e. The number of aryl methyl sites for hydroxylation is 1. The molecule has 170 valence electrons. The fourth-order valence-corrected chi connectivity index (χ4v) is 4.92. The average molecular weight is 449 g/mol. The molecule has 0 spiro atoms. The number of aromatic hydroxyl groups is 1. The number of phenolic OH excluding ortho intramolecular Hbond substituents is 1. The average Bonchev–Trinajstić information content (AvgIpc) is 3.15. The number of rotatable bonds is 4. The van der Waals surface area contributed by atoms with Gasteiger partial charge in [-0.15, -0.1) is 5.10 Å². The fraction of sp³-hybridized carbons (Fsp3) is 0.375. The van der Waals surface area contributed by atoms with E-state index in [1.54, 1.807) is 31.3 Å². The number of nitrogens with zero attached hydrogens (tertiary/aromatic N) is 5. The summed E-state index contributed by atoms with van der Waals surface area (Å²) in [5.74, 6) is -0.109. The van der Waals surface area contributed by atoms with E-state index in [1.807, 2.05) is 6.92 Å². The molecule has 2 aliphatic heterocycles. The Morgan fingerprint density at radius 1 is 1.30 bits per heavy atom. The first-order valence-corrected chi connectivity index (χ1v) is 10.9. The Kier molecular flexibility index (Phi) is 5.08. The van der Waals surface area contributed by atoms with Crippen LogP contribution in [0.2, 0.25) is 0 Å². The highest BCUT2D eigenvalue weighted by atomic mass is 19.1. The van der Waals surface area contributed by atoms with Crippen LogP contribution in [-0.4, -0.2) is 47.6 Å². The van der Waals surface area contributed by atoms with Crippen molar-refractivity contribution in [3.63, 3.8) is 0 Å². The van der Waals surface area contributed by atoms with E-state index in [1.165, 1.54) is 17.0 Å². The van der Waals surface area contributed by atoms with Crippen LogP contribution in [0.5, 0.6) is 5.75 Å². The summed E-state index contributed by atoms with van der Waals surface area (Å²) in [5.41, 5.74) is 1.72. The lowest BCUT2D eigenvalue weighted by Gasteiger charge is -2.40. The van der Waals surface area contributed by atoms with Crippen LogP contribution >= 0.6 is 0 Å². The predicted octanol–water partition coefficient (Wildman–Crippen LogP) is 2.89. The summed E-state index contributed by atoms with van der Waals surface area (Å²) in [4.78, 5) is 19.8. The van der Waals surface area contributed by atoms with Crippen LogP contribution in [0, 0.1) is 5.92 Å². The smallest absolute Gasteiger partial charge is 0.350 e. The second-order valence-corrected chi connectivity index (χ2v) is 9.18. The van der Waals surface area contributed by atoms with Gasteiger partial charge in [0, 0.05) is 35.7 Å². The van der Waals surface area contributed by atoms with Gasteiger partial charge in [0.05, 0.1) is 11.4 Å². The van der Waals surface area contributed by atoms with Gasteiger partial charge < -0.3 is 10.4 Å². The van der Waals surface area contributed by atoms with Gasteiger partial charge in [0.25, 0.3) is 0 Å². The number of fused-ring (bicyclic) bond motifs is 2. The number of aromatic nitrogens is 5. The van der Waals surface area contributed by atoms with Crippen LogP contribution in [0.4, 0.5) is 4.39 Å². The zero-order valence-corrected chi connectivity index (χ0v) is 18.5. The van der Waals surface area contributed by atoms with E-state index >= 15 is 4.39 Å². The lowest BCUT2D eigenvalue weighted by molar-refractivity contribution is 0.103. The molecule has 2 saturated heterocycles. The molecular formula is C24H25FN6O2. The van der Waals surface area contributed by atoms with Crippen LogP contribution in [0.3, 0.4) is 0 Å². The van der Waals surface area contributed by atoms with Gasteiger partial charge in [-0.25, -0.2) is 14.2 Å². The van der Waals surface area contributed by atoms with E-state index in [4.69, 9.17) is 0 Å². The maximum Gasteiger partial charge on any atom is 0.350 e. The van der Waals surface area contributed by atoms with E-state index in [0.717, 1.165) is 12.8 Å². The number of alkyl halides is 1. The number of hydrogen-bond donors (Lipinski definition) is 2. The van der Waals surface area contributed by atoms with E-state index in [-0.39, 0.29) is 17.5 Å². The van der Waals surface area contributed by atoms with Crippen molar-refractivity contribution in [1.29, 1.82) is 0 Å². The molecule has 0 radical (unpaired) electrons. The third-order valence-corrected chi connectivity index (χ3v) is 6.88. The third kappa shape index (κ3) is 3.72. The third-order valence-electron chi connectivity index (χ3n) is 6.88. The highest BCUT2D eigenvalue weighted by Gasteiger charge is 2.51. The van der Waals surface area contributed by atoms with Crippen LogP contribution < -0.4 is 11.0 Å². The van der Waals surface area contributed by atoms with E-state index in [2.05, 4.69) is 32.1 Å². The van der Waals surface area contributed by atoms with Crippen molar-refractivity contribution in [3.8, 4) is 28.4 Å². The van der Waals surface area contributed by atoms with Gasteiger partial charge in [0.1, 0.15) is 18.2 Å². The molecule has 2 aromatic heterocycles. The van der Waals surface area contributed by atoms with Crippen LogP contribution in [0.1, 0.15) is 31.9 Å². The first-order chi connectivity index (χ1) is 15.7. The number of benzene rings is 1. The number of nitrogens with one attached hydrogen (secondary N) is 1. The molecule has 1 aromatic carbocycles. The summed E-state index contributed by atoms with van der Waals surface area (Å²) >= 11 is 0. The Balaban J connectivity index is 1.38. The van der Waals surface area contributed by atoms with Gasteiger partial charge in [0.2, 0.25) is 0 Å². The topological polar surface area (TPSA) is 106 Å². The number of hydrogen-bond acceptors (Lipinski definition) is 7. The molecule has 5 rings (SSSR count). The number of allylic oxidation sites excluding steroid dienone is 1. The number of halogens is 1. The van der Waals surface area contributed by atoms with Gasteiger partial charge in [0.15, 0.2) is 5.82 Å². The minimum atomic E-state index is -1.03. The molecule has 8 nitrogen and oxygen atoms in total. The summed E-state index contributed by atoms with van der Waals surface area (Å²) < 4.78 is 16.5. The van der Waals surface area contributed by atoms with Crippen LogP contribution in [0.15, 0.2) is 48.0 Å². The van der Waals surface area contributed by atoms with Crippen LogP contribution in [0.25, 0.3) is 28.2 Å². The lowest BCUT2D eigenvalue weighted by atomic mass is 9.78. The minimum Gasteiger partial charge on any atom is -0.507 e. The summed E-state index contributed by atoms with van der Waals surface area (Å²) in [6, 6.07) is 8.67. The van der Waals surface area contributed by atoms with Crippen molar-refractivity contribution in [2.24, 2.45) is 13.0 Å². The van der Waals surface area contributed by atoms with E-state index in [0.29, 0.717) is 40.6 Å². The SMILES string of the molecule is C=C(c1ccc(-c2ccc(-c3ncn(C)c(=O)n3)cc2O)nn1)[C@@H]1CC2CC[C@](C)(N2)[C@@H]1F. The molecule has 2 fully saturated rings. The molecule has 2 aliphatic rings. The summed E-state index contributed by atoms with van der Waals surface area (Å²) in [6.45, 7) is 6.09. The maximum absolute atomic E-state index is 15.2. The first-order valence-electron chi connectivity index (χ1n) is 10.9. The lowest BCUT2D eigenvalue weighted by Crippen LogP contribution is -2.56. The predicted molar refractivity (Wildman–Crippen MR) is 122 cm³/mol. The summed E-state index contributed by atoms with van der Waals surface area (Å²) in [5, 5.41) is 22.5. The molecule has 2 bridgehead atoms. The normalized spacial score (nSPS) is 26.3. The molecule has 9 heteroatoms. The Morgan fingerprint density at radius 2 is 2.12 bits per heavy atom. The second kappa shape index (κ2) is 7.84.